The Balaban J connectivity index is 3.71. The average molecular weight is 219 g/mol. The number of amides is 1. The largest absolute Gasteiger partial charge is 0.449 e. The maximum absolute atomic E-state index is 11.2. The lowest BCUT2D eigenvalue weighted by Gasteiger charge is -2.16. The van der Waals surface area contributed by atoms with Gasteiger partial charge in [-0.05, 0) is 6.42 Å². The number of hydrogen-bond acceptors (Lipinski definition) is 3. The Bertz CT molecular complexity index is 215. The summed E-state index contributed by atoms with van der Waals surface area (Å²) < 4.78 is 4.91. The average Bonchev–Trinajstić information content (AvgIpc) is 2.17. The fraction of sp³-hybridized carbons (Fsp3) is 0.778. The molecule has 14 heavy (non-hydrogen) atoms. The van der Waals surface area contributed by atoms with Crippen LogP contribution < -0.4 is 0 Å². The van der Waals surface area contributed by atoms with E-state index in [1.807, 2.05) is 13.0 Å². The first-order valence-electron chi connectivity index (χ1n) is 4.53. The third kappa shape index (κ3) is 5.65. The highest BCUT2D eigenvalue weighted by molar-refractivity contribution is 6.22. The molecule has 0 aromatic rings. The summed E-state index contributed by atoms with van der Waals surface area (Å²) in [7, 11) is 1.56. The minimum absolute atomic E-state index is 0.184. The molecule has 0 bridgehead atoms. The monoisotopic (exact) mass is 218 g/mol. The van der Waals surface area contributed by atoms with Crippen LogP contribution >= 0.6 is 11.6 Å². The van der Waals surface area contributed by atoms with Crippen molar-refractivity contribution in [3.05, 3.63) is 0 Å². The number of alkyl halides is 1. The van der Waals surface area contributed by atoms with Crippen molar-refractivity contribution in [1.29, 1.82) is 5.26 Å². The zero-order valence-electron chi connectivity index (χ0n) is 8.49. The molecule has 0 aliphatic rings. The predicted molar refractivity (Wildman–Crippen MR) is 54.1 cm³/mol. The smallest absolute Gasteiger partial charge is 0.409 e. The first-order valence-corrected chi connectivity index (χ1v) is 4.97. The van der Waals surface area contributed by atoms with E-state index in [0.29, 0.717) is 6.61 Å². The van der Waals surface area contributed by atoms with Crippen LogP contribution in [0.2, 0.25) is 0 Å². The molecule has 4 nitrogen and oxygen atoms in total. The van der Waals surface area contributed by atoms with Gasteiger partial charge in [-0.2, -0.15) is 5.26 Å². The van der Waals surface area contributed by atoms with Crippen molar-refractivity contribution in [1.82, 2.24) is 4.90 Å². The van der Waals surface area contributed by atoms with Crippen LogP contribution in [0.1, 0.15) is 19.8 Å². The van der Waals surface area contributed by atoms with E-state index in [1.54, 1.807) is 7.05 Å². The van der Waals surface area contributed by atoms with Gasteiger partial charge in [-0.25, -0.2) is 4.79 Å². The Morgan fingerprint density at radius 1 is 1.71 bits per heavy atom. The van der Waals surface area contributed by atoms with Crippen molar-refractivity contribution in [2.75, 3.05) is 20.2 Å². The lowest BCUT2D eigenvalue weighted by atomic mass is 10.4. The van der Waals surface area contributed by atoms with Gasteiger partial charge in [-0.15, -0.1) is 11.6 Å². The van der Waals surface area contributed by atoms with E-state index in [0.717, 1.165) is 12.8 Å². The van der Waals surface area contributed by atoms with Crippen molar-refractivity contribution in [2.24, 2.45) is 0 Å². The molecule has 0 aromatic carbocycles. The lowest BCUT2D eigenvalue weighted by Crippen LogP contribution is -2.32. The second-order valence-corrected chi connectivity index (χ2v) is 3.47. The van der Waals surface area contributed by atoms with Gasteiger partial charge in [-0.1, -0.05) is 13.3 Å². The molecule has 0 spiro atoms. The molecule has 5 heteroatoms. The zero-order chi connectivity index (χ0) is 11.0. The van der Waals surface area contributed by atoms with Gasteiger partial charge < -0.3 is 9.64 Å². The fourth-order valence-electron chi connectivity index (χ4n) is 0.770. The molecule has 0 saturated carbocycles. The van der Waals surface area contributed by atoms with E-state index in [-0.39, 0.29) is 6.54 Å². The summed E-state index contributed by atoms with van der Waals surface area (Å²) in [5.74, 6) is 0. The lowest BCUT2D eigenvalue weighted by molar-refractivity contribution is 0.110. The first-order chi connectivity index (χ1) is 6.61. The number of carbonyl (C=O) groups excluding carboxylic acids is 1. The number of hydrogen-bond donors (Lipinski definition) is 0. The topological polar surface area (TPSA) is 53.3 Å². The van der Waals surface area contributed by atoms with E-state index in [2.05, 4.69) is 0 Å². The van der Waals surface area contributed by atoms with Gasteiger partial charge in [-0.3, -0.25) is 0 Å². The molecule has 0 radical (unpaired) electrons. The molecule has 0 rings (SSSR count). The fourth-order valence-corrected chi connectivity index (χ4v) is 0.977. The molecular formula is C9H15ClN2O2. The highest BCUT2D eigenvalue weighted by Crippen LogP contribution is 1.99. The van der Waals surface area contributed by atoms with E-state index in [4.69, 9.17) is 21.6 Å². The Labute approximate surface area is 89.4 Å². The molecule has 80 valence electrons. The van der Waals surface area contributed by atoms with Crippen LogP contribution in [0.3, 0.4) is 0 Å². The van der Waals surface area contributed by atoms with Crippen LogP contribution in [0.5, 0.6) is 0 Å². The Morgan fingerprint density at radius 3 is 2.86 bits per heavy atom. The van der Waals surface area contributed by atoms with Gasteiger partial charge in [0.1, 0.15) is 5.38 Å². The maximum atomic E-state index is 11.2. The van der Waals surface area contributed by atoms with Crippen molar-refractivity contribution in [3.8, 4) is 6.07 Å². The number of rotatable bonds is 5. The minimum Gasteiger partial charge on any atom is -0.449 e. The molecule has 1 atom stereocenters. The molecule has 0 fully saturated rings. The van der Waals surface area contributed by atoms with Crippen LogP contribution in [0.4, 0.5) is 4.79 Å². The van der Waals surface area contributed by atoms with Crippen LogP contribution in [-0.4, -0.2) is 36.6 Å². The Hall–Kier alpha value is -0.950. The molecule has 0 aliphatic carbocycles. The van der Waals surface area contributed by atoms with Crippen molar-refractivity contribution in [3.63, 3.8) is 0 Å². The van der Waals surface area contributed by atoms with Crippen LogP contribution in [-0.2, 0) is 4.74 Å². The van der Waals surface area contributed by atoms with Gasteiger partial charge in [0.15, 0.2) is 0 Å². The molecule has 0 saturated heterocycles. The molecule has 0 heterocycles. The molecule has 1 unspecified atom stereocenters. The van der Waals surface area contributed by atoms with Crippen molar-refractivity contribution in [2.45, 2.75) is 25.1 Å². The van der Waals surface area contributed by atoms with Crippen molar-refractivity contribution < 1.29 is 9.53 Å². The highest BCUT2D eigenvalue weighted by atomic mass is 35.5. The molecule has 0 N–H and O–H groups in total. The summed E-state index contributed by atoms with van der Waals surface area (Å²) in [5.41, 5.74) is 0. The summed E-state index contributed by atoms with van der Waals surface area (Å²) in [6, 6.07) is 1.83. The molecular weight excluding hydrogens is 204 g/mol. The SMILES string of the molecule is CCCCOC(=O)N(C)CC(Cl)C#N. The quantitative estimate of drug-likeness (QED) is 0.524. The van der Waals surface area contributed by atoms with Gasteiger partial charge in [0.25, 0.3) is 0 Å². The predicted octanol–water partition coefficient (Wildman–Crippen LogP) is 1.99. The Morgan fingerprint density at radius 2 is 2.36 bits per heavy atom. The van der Waals surface area contributed by atoms with Gasteiger partial charge in [0.05, 0.1) is 19.2 Å². The van der Waals surface area contributed by atoms with E-state index < -0.39 is 11.5 Å². The normalized spacial score (nSPS) is 11.6. The zero-order valence-corrected chi connectivity index (χ0v) is 9.25. The van der Waals surface area contributed by atoms with Gasteiger partial charge in [0, 0.05) is 7.05 Å². The number of unbranched alkanes of at least 4 members (excludes halogenated alkanes) is 1. The van der Waals surface area contributed by atoms with Gasteiger partial charge >= 0.3 is 6.09 Å². The molecule has 0 aliphatic heterocycles. The van der Waals surface area contributed by atoms with Crippen LogP contribution in [0.25, 0.3) is 0 Å². The summed E-state index contributed by atoms with van der Waals surface area (Å²) in [6.45, 7) is 2.62. The van der Waals surface area contributed by atoms with E-state index >= 15 is 0 Å². The van der Waals surface area contributed by atoms with E-state index in [1.165, 1.54) is 4.90 Å². The maximum Gasteiger partial charge on any atom is 0.409 e. The molecule has 0 aromatic heterocycles. The van der Waals surface area contributed by atoms with Gasteiger partial charge in [0.2, 0.25) is 0 Å². The number of nitriles is 1. The highest BCUT2D eigenvalue weighted by Gasteiger charge is 2.13. The Kier molecular flexibility index (Phi) is 6.95. The third-order valence-electron chi connectivity index (χ3n) is 1.61. The second kappa shape index (κ2) is 7.45. The molecule has 1 amide bonds. The number of halogens is 1. The summed E-state index contributed by atoms with van der Waals surface area (Å²) >= 11 is 5.55. The minimum atomic E-state index is -0.682. The summed E-state index contributed by atoms with van der Waals surface area (Å²) in [5, 5.41) is 7.74. The number of carbonyl (C=O) groups is 1. The number of nitrogens with zero attached hydrogens (tertiary/aromatic N) is 2. The second-order valence-electron chi connectivity index (χ2n) is 2.95. The van der Waals surface area contributed by atoms with Crippen LogP contribution in [0.15, 0.2) is 0 Å². The van der Waals surface area contributed by atoms with Crippen molar-refractivity contribution >= 4 is 17.7 Å². The summed E-state index contributed by atoms with van der Waals surface area (Å²) in [6.07, 6.45) is 1.40. The third-order valence-corrected chi connectivity index (χ3v) is 1.84. The summed E-state index contributed by atoms with van der Waals surface area (Å²) in [4.78, 5) is 12.5. The number of ether oxygens (including phenoxy) is 1. The van der Waals surface area contributed by atoms with E-state index in [9.17, 15) is 4.79 Å². The first kappa shape index (κ1) is 13.1. The van der Waals surface area contributed by atoms with Crippen LogP contribution in [0, 0.1) is 11.3 Å². The standard InChI is InChI=1S/C9H15ClN2O2/c1-3-4-5-14-9(13)12(2)7-8(10)6-11/h8H,3-5,7H2,1-2H3.